The van der Waals surface area contributed by atoms with Crippen LogP contribution in [0.4, 0.5) is 0 Å². The number of hydrogen-bond acceptors (Lipinski definition) is 3. The molecule has 2 aliphatic carbocycles. The molecule has 3 nitrogen and oxygen atoms in total. The average molecular weight is 792 g/mol. The zero-order valence-electron chi connectivity index (χ0n) is 34.5. The van der Waals surface area contributed by atoms with E-state index in [4.69, 9.17) is 15.0 Å². The van der Waals surface area contributed by atoms with Crippen LogP contribution in [-0.4, -0.2) is 15.0 Å². The van der Waals surface area contributed by atoms with Crippen LogP contribution in [0.5, 0.6) is 0 Å². The molecule has 3 heteroatoms. The molecule has 0 fully saturated rings. The largest absolute Gasteiger partial charge is 0.208 e. The fourth-order valence-electron chi connectivity index (χ4n) is 10.6. The van der Waals surface area contributed by atoms with Gasteiger partial charge in [-0.3, -0.25) is 0 Å². The lowest BCUT2D eigenvalue weighted by atomic mass is 9.55. The molecule has 10 aromatic rings. The predicted molar refractivity (Wildman–Crippen MR) is 254 cm³/mol. The Kier molecular flexibility index (Phi) is 8.10. The fourth-order valence-corrected chi connectivity index (χ4v) is 10.6. The highest BCUT2D eigenvalue weighted by molar-refractivity contribution is 6.05. The lowest BCUT2D eigenvalue weighted by Gasteiger charge is -2.46. The van der Waals surface area contributed by atoms with E-state index in [-0.39, 0.29) is 5.41 Å². The van der Waals surface area contributed by atoms with E-state index in [9.17, 15) is 0 Å². The second-order valence-electron chi connectivity index (χ2n) is 17.1. The Hall–Kier alpha value is -7.75. The first-order valence-corrected chi connectivity index (χ1v) is 21.4. The summed E-state index contributed by atoms with van der Waals surface area (Å²) < 4.78 is 0. The van der Waals surface area contributed by atoms with E-state index in [1.54, 1.807) is 0 Å². The van der Waals surface area contributed by atoms with E-state index in [0.717, 1.165) is 27.8 Å². The lowest BCUT2D eigenvalue weighted by Crippen LogP contribution is -2.40. The standard InChI is InChI=1S/C59H41N3/c1-58(2)49-29-11-13-31-51(49)59(52-32-14-12-30-50(52)58)48-28-10-9-25-47(48)54-46(27-17-33-53(54)59)45-26-16-23-42-36-41(34-35-44(42)45)40-22-15-24-43(37-40)57-61-55(38-18-5-3-6-19-38)60-56(62-57)39-20-7-4-8-21-39/h3-37H,1-2H3. The predicted octanol–water partition coefficient (Wildman–Crippen LogP) is 14.4. The smallest absolute Gasteiger partial charge is 0.164 e. The molecule has 0 saturated heterocycles. The van der Waals surface area contributed by atoms with Crippen molar-refractivity contribution in [3.8, 4) is 67.5 Å². The first-order valence-electron chi connectivity index (χ1n) is 21.4. The van der Waals surface area contributed by atoms with Crippen LogP contribution < -0.4 is 0 Å². The second kappa shape index (κ2) is 13.9. The van der Waals surface area contributed by atoms with E-state index < -0.39 is 5.41 Å². The van der Waals surface area contributed by atoms with Crippen molar-refractivity contribution in [3.05, 3.63) is 246 Å². The summed E-state index contributed by atoms with van der Waals surface area (Å²) in [6, 6.07) is 76.9. The van der Waals surface area contributed by atoms with Gasteiger partial charge in [-0.25, -0.2) is 15.0 Å². The summed E-state index contributed by atoms with van der Waals surface area (Å²) in [5, 5.41) is 2.42. The van der Waals surface area contributed by atoms with Crippen molar-refractivity contribution in [3.63, 3.8) is 0 Å². The van der Waals surface area contributed by atoms with E-state index >= 15 is 0 Å². The van der Waals surface area contributed by atoms with E-state index in [1.807, 2.05) is 60.7 Å². The number of aromatic nitrogens is 3. The SMILES string of the molecule is CC1(C)c2ccccc2C2(c3ccccc3-c3c(-c4cccc5cc(-c6cccc(-c7nc(-c8ccccc8)nc(-c8ccccc8)n7)c6)ccc45)cccc32)c2ccccc21. The maximum atomic E-state index is 5.02. The average Bonchev–Trinajstić information content (AvgIpc) is 3.64. The summed E-state index contributed by atoms with van der Waals surface area (Å²) in [4.78, 5) is 14.9. The highest BCUT2D eigenvalue weighted by Gasteiger charge is 2.53. The summed E-state index contributed by atoms with van der Waals surface area (Å²) in [7, 11) is 0. The van der Waals surface area contributed by atoms with E-state index in [1.165, 1.54) is 66.4 Å². The molecule has 62 heavy (non-hydrogen) atoms. The van der Waals surface area contributed by atoms with Crippen LogP contribution in [0.15, 0.2) is 212 Å². The van der Waals surface area contributed by atoms with Crippen LogP contribution in [0.3, 0.4) is 0 Å². The van der Waals surface area contributed by atoms with Crippen molar-refractivity contribution < 1.29 is 0 Å². The molecule has 0 N–H and O–H groups in total. The Labute approximate surface area is 362 Å². The third-order valence-corrected chi connectivity index (χ3v) is 13.4. The number of benzene rings is 9. The molecular weight excluding hydrogens is 751 g/mol. The zero-order chi connectivity index (χ0) is 41.4. The molecule has 0 unspecified atom stereocenters. The third-order valence-electron chi connectivity index (χ3n) is 13.4. The molecule has 1 spiro atoms. The molecule has 2 aliphatic rings. The normalized spacial score (nSPS) is 13.9. The Bertz CT molecular complexity index is 3280. The van der Waals surface area contributed by atoms with Gasteiger partial charge in [-0.1, -0.05) is 214 Å². The Morgan fingerprint density at radius 1 is 0.306 bits per heavy atom. The van der Waals surface area contributed by atoms with Gasteiger partial charge in [0.2, 0.25) is 0 Å². The van der Waals surface area contributed by atoms with Gasteiger partial charge in [-0.15, -0.1) is 0 Å². The first kappa shape index (κ1) is 36.1. The minimum atomic E-state index is -0.435. The maximum Gasteiger partial charge on any atom is 0.164 e. The summed E-state index contributed by atoms with van der Waals surface area (Å²) in [6.45, 7) is 4.76. The number of rotatable bonds is 5. The van der Waals surface area contributed by atoms with Crippen molar-refractivity contribution >= 4 is 10.8 Å². The molecule has 0 aliphatic heterocycles. The Balaban J connectivity index is 0.994. The summed E-state index contributed by atoms with van der Waals surface area (Å²) in [5.74, 6) is 1.95. The van der Waals surface area contributed by atoms with Crippen LogP contribution in [0.2, 0.25) is 0 Å². The van der Waals surface area contributed by atoms with Crippen molar-refractivity contribution in [1.29, 1.82) is 0 Å². The molecule has 1 aromatic heterocycles. The quantitative estimate of drug-likeness (QED) is 0.174. The summed E-state index contributed by atoms with van der Waals surface area (Å²) >= 11 is 0. The van der Waals surface area contributed by atoms with Gasteiger partial charge >= 0.3 is 0 Å². The van der Waals surface area contributed by atoms with Gasteiger partial charge in [-0.05, 0) is 89.7 Å². The Morgan fingerprint density at radius 3 is 1.42 bits per heavy atom. The van der Waals surface area contributed by atoms with Crippen molar-refractivity contribution in [2.45, 2.75) is 24.7 Å². The number of nitrogens with zero attached hydrogens (tertiary/aromatic N) is 3. The van der Waals surface area contributed by atoms with Crippen molar-refractivity contribution in [2.75, 3.05) is 0 Å². The summed E-state index contributed by atoms with van der Waals surface area (Å²) in [6.07, 6.45) is 0. The van der Waals surface area contributed by atoms with Gasteiger partial charge in [0, 0.05) is 22.1 Å². The monoisotopic (exact) mass is 791 g/mol. The van der Waals surface area contributed by atoms with Crippen LogP contribution in [0.25, 0.3) is 78.3 Å². The van der Waals surface area contributed by atoms with Gasteiger partial charge in [0.1, 0.15) is 0 Å². The highest BCUT2D eigenvalue weighted by Crippen LogP contribution is 2.63. The van der Waals surface area contributed by atoms with E-state index in [0.29, 0.717) is 17.5 Å². The van der Waals surface area contributed by atoms with Crippen molar-refractivity contribution in [1.82, 2.24) is 15.0 Å². The molecule has 0 amide bonds. The number of hydrogen-bond donors (Lipinski definition) is 0. The van der Waals surface area contributed by atoms with Crippen LogP contribution in [0.1, 0.15) is 47.2 Å². The van der Waals surface area contributed by atoms with Gasteiger partial charge in [-0.2, -0.15) is 0 Å². The zero-order valence-corrected chi connectivity index (χ0v) is 34.5. The van der Waals surface area contributed by atoms with E-state index in [2.05, 4.69) is 166 Å². The highest BCUT2D eigenvalue weighted by atomic mass is 15.0. The lowest BCUT2D eigenvalue weighted by molar-refractivity contribution is 0.563. The van der Waals surface area contributed by atoms with Crippen molar-refractivity contribution in [2.24, 2.45) is 0 Å². The molecule has 0 radical (unpaired) electrons. The van der Waals surface area contributed by atoms with Gasteiger partial charge in [0.25, 0.3) is 0 Å². The third kappa shape index (κ3) is 5.34. The van der Waals surface area contributed by atoms with Crippen LogP contribution in [0, 0.1) is 0 Å². The molecule has 292 valence electrons. The molecule has 0 saturated carbocycles. The molecule has 0 bridgehead atoms. The summed E-state index contributed by atoms with van der Waals surface area (Å²) in [5.41, 5.74) is 17.9. The van der Waals surface area contributed by atoms with Gasteiger partial charge in [0.15, 0.2) is 17.5 Å². The van der Waals surface area contributed by atoms with Crippen LogP contribution >= 0.6 is 0 Å². The van der Waals surface area contributed by atoms with Gasteiger partial charge in [0.05, 0.1) is 5.41 Å². The minimum Gasteiger partial charge on any atom is -0.208 e. The molecule has 9 aromatic carbocycles. The maximum absolute atomic E-state index is 5.02. The van der Waals surface area contributed by atoms with Gasteiger partial charge < -0.3 is 0 Å². The Morgan fingerprint density at radius 2 is 0.758 bits per heavy atom. The molecule has 1 heterocycles. The second-order valence-corrected chi connectivity index (χ2v) is 17.1. The molecule has 0 atom stereocenters. The number of fused-ring (bicyclic) bond motifs is 10. The molecular formula is C59H41N3. The fraction of sp³-hybridized carbons (Fsp3) is 0.0678. The molecule has 12 rings (SSSR count). The minimum absolute atomic E-state index is 0.137. The topological polar surface area (TPSA) is 38.7 Å². The first-order chi connectivity index (χ1) is 30.5. The van der Waals surface area contributed by atoms with Crippen LogP contribution in [-0.2, 0) is 10.8 Å².